The standard InChI is InChI=1S/Al.HNO2.V.3H/c;2-1-3;;;;/h;(H,2,3);;;;. The van der Waals surface area contributed by atoms with Gasteiger partial charge in [-0.3, -0.25) is 0 Å². The van der Waals surface area contributed by atoms with Gasteiger partial charge in [-0.2, -0.15) is 0 Å². The Labute approximate surface area is 51.7 Å². The fourth-order valence-corrected chi connectivity index (χ4v) is 0. The van der Waals surface area contributed by atoms with E-state index in [0.717, 1.165) is 0 Å². The molecule has 5 heteroatoms. The summed E-state index contributed by atoms with van der Waals surface area (Å²) in [7, 11) is 0. The normalized spacial score (nSPS) is 2.40. The maximum Gasteiger partial charge on any atom is 0.187 e. The molecule has 0 aliphatic carbocycles. The first kappa shape index (κ1) is 17.8. The first-order valence-electron chi connectivity index (χ1n) is 0.383. The van der Waals surface area contributed by atoms with Gasteiger partial charge in [0.05, 0.1) is 0 Å². The Bertz CT molecular complexity index is 17.1. The van der Waals surface area contributed by atoms with Crippen LogP contribution in [0.5, 0.6) is 0 Å². The summed E-state index contributed by atoms with van der Waals surface area (Å²) in [4.78, 5) is 8.11. The molecule has 0 aromatic carbocycles. The topological polar surface area (TPSA) is 49.7 Å². The Morgan fingerprint density at radius 1 is 1.60 bits per heavy atom. The van der Waals surface area contributed by atoms with E-state index in [2.05, 4.69) is 0 Å². The summed E-state index contributed by atoms with van der Waals surface area (Å²) in [6.07, 6.45) is 0. The van der Waals surface area contributed by atoms with Gasteiger partial charge in [0.1, 0.15) is 0 Å². The molecule has 5 heavy (non-hydrogen) atoms. The largest absolute Gasteiger partial charge is 0.379 e. The van der Waals surface area contributed by atoms with Crippen molar-refractivity contribution in [3.63, 3.8) is 0 Å². The van der Waals surface area contributed by atoms with Gasteiger partial charge in [-0.15, -0.1) is 4.91 Å². The first-order valence-corrected chi connectivity index (χ1v) is 0.383. The van der Waals surface area contributed by atoms with Gasteiger partial charge in [0.2, 0.25) is 0 Å². The molecule has 0 aliphatic heterocycles. The molecule has 0 saturated heterocycles. The van der Waals surface area contributed by atoms with Crippen molar-refractivity contribution in [2.45, 2.75) is 0 Å². The van der Waals surface area contributed by atoms with Crippen LogP contribution in [0, 0.1) is 4.91 Å². The van der Waals surface area contributed by atoms with Crippen molar-refractivity contribution in [2.75, 3.05) is 0 Å². The predicted molar refractivity (Wildman–Crippen MR) is 17.5 cm³/mol. The maximum absolute atomic E-state index is 8.11. The van der Waals surface area contributed by atoms with Gasteiger partial charge in [-0.1, -0.05) is 0 Å². The van der Waals surface area contributed by atoms with Crippen LogP contribution < -0.4 is 0 Å². The van der Waals surface area contributed by atoms with Crippen LogP contribution in [0.25, 0.3) is 0 Å². The van der Waals surface area contributed by atoms with Crippen LogP contribution in [-0.4, -0.2) is 22.6 Å². The molecule has 29 valence electrons. The van der Waals surface area contributed by atoms with Crippen molar-refractivity contribution in [3.05, 3.63) is 4.91 Å². The van der Waals surface area contributed by atoms with E-state index >= 15 is 0 Å². The zero-order chi connectivity index (χ0) is 2.71. The monoisotopic (exact) mass is 128 g/mol. The zero-order valence-corrected chi connectivity index (χ0v) is 3.15. The smallest absolute Gasteiger partial charge is 0.187 e. The Hall–Kier alpha value is 0.517. The Morgan fingerprint density at radius 3 is 1.60 bits per heavy atom. The second-order valence-corrected chi connectivity index (χ2v) is 0.0816. The van der Waals surface area contributed by atoms with Gasteiger partial charge in [0, 0.05) is 18.6 Å². The Kier molecular flexibility index (Phi) is 86.3. The van der Waals surface area contributed by atoms with Gasteiger partial charge in [0.25, 0.3) is 0 Å². The molecule has 0 aromatic rings. The van der Waals surface area contributed by atoms with Crippen LogP contribution in [0.2, 0.25) is 0 Å². The van der Waals surface area contributed by atoms with Crippen molar-refractivity contribution in [3.8, 4) is 0 Å². The number of hydrogen-bond donors (Lipinski definition) is 1. The molecule has 1 N–H and O–H groups in total. The van der Waals surface area contributed by atoms with E-state index in [-0.39, 0.29) is 35.9 Å². The van der Waals surface area contributed by atoms with E-state index in [0.29, 0.717) is 0 Å². The molecular weight excluding hydrogens is 124 g/mol. The predicted octanol–water partition coefficient (Wildman–Crippen LogP) is -1.04. The average Bonchev–Trinajstić information content (AvgIpc) is 0.918. The minimum atomic E-state index is 0. The molecule has 0 aliphatic rings. The summed E-state index contributed by atoms with van der Waals surface area (Å²) in [5.41, 5.74) is 0. The fourth-order valence-electron chi connectivity index (χ4n) is 0. The quantitative estimate of drug-likeness (QED) is 0.257. The molecule has 0 spiro atoms. The molecule has 0 bridgehead atoms. The van der Waals surface area contributed by atoms with E-state index < -0.39 is 0 Å². The maximum atomic E-state index is 8.11. The Morgan fingerprint density at radius 2 is 1.60 bits per heavy atom. The molecule has 1 radical (unpaired) electrons. The third-order valence-electron chi connectivity index (χ3n) is 0. The van der Waals surface area contributed by atoms with E-state index in [1.54, 1.807) is 0 Å². The van der Waals surface area contributed by atoms with Gasteiger partial charge < -0.3 is 5.21 Å². The summed E-state index contributed by atoms with van der Waals surface area (Å²) >= 11 is 0. The Balaban J connectivity index is -0.0000000200. The molecule has 0 fully saturated rings. The fraction of sp³-hybridized carbons (Fsp3) is 0. The van der Waals surface area contributed by atoms with E-state index in [9.17, 15) is 0 Å². The minimum absolute atomic E-state index is 0. The molecule has 3 nitrogen and oxygen atoms in total. The van der Waals surface area contributed by atoms with Crippen molar-refractivity contribution in [2.24, 2.45) is 5.34 Å². The molecule has 0 atom stereocenters. The van der Waals surface area contributed by atoms with E-state index in [4.69, 9.17) is 10.1 Å². The second kappa shape index (κ2) is 24.3. The van der Waals surface area contributed by atoms with Gasteiger partial charge in [-0.25, -0.2) is 0 Å². The zero-order valence-electron chi connectivity index (χ0n) is 1.75. The summed E-state index contributed by atoms with van der Waals surface area (Å²) in [6.45, 7) is 0. The van der Waals surface area contributed by atoms with Gasteiger partial charge in [0.15, 0.2) is 22.7 Å². The van der Waals surface area contributed by atoms with Crippen molar-refractivity contribution >= 4 is 17.4 Å². The van der Waals surface area contributed by atoms with E-state index in [1.807, 2.05) is 0 Å². The molecule has 0 rings (SSSR count). The van der Waals surface area contributed by atoms with Crippen LogP contribution in [0.15, 0.2) is 5.34 Å². The summed E-state index contributed by atoms with van der Waals surface area (Å²) < 4.78 is 0. The van der Waals surface area contributed by atoms with Gasteiger partial charge >= 0.3 is 0 Å². The number of hydrogen-bond acceptors (Lipinski definition) is 2. The molecule has 0 heterocycles. The molecule has 0 aromatic heterocycles. The van der Waals surface area contributed by atoms with Crippen LogP contribution >= 0.6 is 0 Å². The number of nitrogens with zero attached hydrogens (tertiary/aromatic N) is 1. The summed E-state index contributed by atoms with van der Waals surface area (Å²) in [5, 5.41) is 7.89. The first-order chi connectivity index (χ1) is 1.41. The van der Waals surface area contributed by atoms with E-state index in [1.165, 1.54) is 5.34 Å². The third kappa shape index (κ3) is 107. The van der Waals surface area contributed by atoms with Crippen LogP contribution in [-0.2, 0) is 18.6 Å². The van der Waals surface area contributed by atoms with Crippen molar-refractivity contribution in [1.82, 2.24) is 0 Å². The summed E-state index contributed by atoms with van der Waals surface area (Å²) in [5.74, 6) is 0. The molecule has 0 unspecified atom stereocenters. The van der Waals surface area contributed by atoms with Crippen LogP contribution in [0.1, 0.15) is 0 Å². The molecular formula is H4AlNO2V. The minimum Gasteiger partial charge on any atom is -0.379 e. The van der Waals surface area contributed by atoms with Gasteiger partial charge in [-0.05, 0) is 0 Å². The van der Waals surface area contributed by atoms with Crippen LogP contribution in [0.4, 0.5) is 0 Å². The number of rotatable bonds is 0. The van der Waals surface area contributed by atoms with Crippen molar-refractivity contribution < 1.29 is 23.8 Å². The van der Waals surface area contributed by atoms with Crippen LogP contribution in [0.3, 0.4) is 0 Å². The molecule has 0 amide bonds. The van der Waals surface area contributed by atoms with Crippen molar-refractivity contribution in [1.29, 1.82) is 0 Å². The SMILES string of the molecule is O=NO.[AlH3].[V]. The average molecular weight is 128 g/mol. The second-order valence-electron chi connectivity index (χ2n) is 0.0816. The molecule has 0 saturated carbocycles. The third-order valence-corrected chi connectivity index (χ3v) is 0. The summed E-state index contributed by atoms with van der Waals surface area (Å²) in [6, 6.07) is 0.